The van der Waals surface area contributed by atoms with Crippen LogP contribution in [0.15, 0.2) is 0 Å². The van der Waals surface area contributed by atoms with Crippen molar-refractivity contribution in [3.63, 3.8) is 0 Å². The van der Waals surface area contributed by atoms with Gasteiger partial charge in [0.2, 0.25) is 0 Å². The molecule has 0 spiro atoms. The third-order valence-corrected chi connectivity index (χ3v) is 0.262. The van der Waals surface area contributed by atoms with Crippen LogP contribution in [0.4, 0.5) is 0 Å². The molecule has 0 aliphatic rings. The van der Waals surface area contributed by atoms with Crippen molar-refractivity contribution >= 4 is 5.97 Å². The van der Waals surface area contributed by atoms with Crippen LogP contribution in [0.5, 0.6) is 0 Å². The molecule has 3 heteroatoms. The first-order valence-electron chi connectivity index (χ1n) is 2.13. The molecule has 0 saturated carbocycles. The summed E-state index contributed by atoms with van der Waals surface area (Å²) < 4.78 is 6.51. The Bertz CT molecular complexity index is 144. The second-order valence-corrected chi connectivity index (χ2v) is 0.741. The summed E-state index contributed by atoms with van der Waals surface area (Å²) in [6.45, 7) is -1.11. The molecular formula is C4H5NO2. The zero-order chi connectivity index (χ0) is 6.57. The van der Waals surface area contributed by atoms with Crippen LogP contribution in [0.25, 0.3) is 0 Å². The molecule has 0 aromatic rings. The van der Waals surface area contributed by atoms with Crippen molar-refractivity contribution < 1.29 is 11.3 Å². The van der Waals surface area contributed by atoms with Crippen LogP contribution in [-0.2, 0) is 4.79 Å². The summed E-state index contributed by atoms with van der Waals surface area (Å²) in [5, 5.41) is 7.85. The molecule has 0 bridgehead atoms. The lowest BCUT2D eigenvalue weighted by Crippen LogP contribution is -1.95. The van der Waals surface area contributed by atoms with Crippen molar-refractivity contribution in [2.75, 3.05) is 6.52 Å². The Hall–Kier alpha value is -1.01. The van der Waals surface area contributed by atoms with Gasteiger partial charge in [0.05, 0.1) is 7.89 Å². The molecule has 0 aromatic carbocycles. The van der Waals surface area contributed by atoms with Crippen molar-refractivity contribution in [3.8, 4) is 11.8 Å². The molecule has 1 unspecified atom stereocenters. The molecule has 38 valence electrons. The first kappa shape index (κ1) is 4.16. The number of nitrogens with two attached hydrogens (primary N) is 1. The summed E-state index contributed by atoms with van der Waals surface area (Å²) in [5.41, 5.74) is 4.77. The van der Waals surface area contributed by atoms with Gasteiger partial charge in [-0.2, -0.15) is 0 Å². The molecule has 0 aromatic heterocycles. The van der Waals surface area contributed by atoms with E-state index in [1.807, 2.05) is 5.92 Å². The van der Waals surface area contributed by atoms with E-state index in [1.165, 1.54) is 0 Å². The molecule has 3 N–H and O–H groups in total. The zero-order valence-corrected chi connectivity index (χ0v) is 3.51. The maximum Gasteiger partial charge on any atom is 0.381 e. The molecule has 7 heavy (non-hydrogen) atoms. The maximum absolute atomic E-state index is 9.59. The summed E-state index contributed by atoms with van der Waals surface area (Å²) in [6.07, 6.45) is 0. The van der Waals surface area contributed by atoms with Crippen LogP contribution in [-0.4, -0.2) is 17.6 Å². The van der Waals surface area contributed by atoms with Crippen molar-refractivity contribution in [2.45, 2.75) is 0 Å². The summed E-state index contributed by atoms with van der Waals surface area (Å²) in [7, 11) is 0. The average Bonchev–Trinajstić information content (AvgIpc) is 1.61. The lowest BCUT2D eigenvalue weighted by atomic mass is 10.6. The van der Waals surface area contributed by atoms with Crippen LogP contribution >= 0.6 is 0 Å². The van der Waals surface area contributed by atoms with Gasteiger partial charge in [-0.15, -0.1) is 0 Å². The Balaban J connectivity index is 3.68. The van der Waals surface area contributed by atoms with Gasteiger partial charge in [-0.1, -0.05) is 5.92 Å². The number of rotatable bonds is 0. The van der Waals surface area contributed by atoms with E-state index in [2.05, 4.69) is 0 Å². The normalized spacial score (nSPS) is 13.0. The molecule has 0 radical (unpaired) electrons. The van der Waals surface area contributed by atoms with Crippen LogP contribution in [0.1, 0.15) is 1.37 Å². The third-order valence-electron chi connectivity index (χ3n) is 0.262. The van der Waals surface area contributed by atoms with E-state index >= 15 is 0 Å². The van der Waals surface area contributed by atoms with E-state index in [9.17, 15) is 4.79 Å². The summed E-state index contributed by atoms with van der Waals surface area (Å²) in [4.78, 5) is 9.59. The highest BCUT2D eigenvalue weighted by Crippen LogP contribution is 1.52. The van der Waals surface area contributed by atoms with Gasteiger partial charge >= 0.3 is 5.97 Å². The Kier molecular flexibility index (Phi) is 1.89. The van der Waals surface area contributed by atoms with Gasteiger partial charge in [0.1, 0.15) is 0 Å². The number of carboxylic acids is 1. The second kappa shape index (κ2) is 3.19. The molecular weight excluding hydrogens is 94.0 g/mol. The largest absolute Gasteiger partial charge is 0.472 e. The van der Waals surface area contributed by atoms with Gasteiger partial charge in [0.25, 0.3) is 0 Å². The van der Waals surface area contributed by atoms with Crippen molar-refractivity contribution in [1.82, 2.24) is 0 Å². The molecule has 0 rings (SSSR count). The summed E-state index contributed by atoms with van der Waals surface area (Å²) in [6, 6.07) is 0. The molecule has 1 atom stereocenters. The molecule has 0 saturated heterocycles. The van der Waals surface area contributed by atoms with Crippen molar-refractivity contribution in [2.24, 2.45) is 5.73 Å². The van der Waals surface area contributed by atoms with E-state index in [1.54, 1.807) is 5.92 Å². The topological polar surface area (TPSA) is 63.3 Å². The van der Waals surface area contributed by atoms with Gasteiger partial charge in [0, 0.05) is 5.92 Å². The zero-order valence-electron chi connectivity index (χ0n) is 4.51. The highest BCUT2D eigenvalue weighted by atomic mass is 16.4. The highest BCUT2D eigenvalue weighted by Gasteiger charge is 1.78. The van der Waals surface area contributed by atoms with Crippen molar-refractivity contribution in [3.05, 3.63) is 0 Å². The molecule has 0 aliphatic carbocycles. The summed E-state index contributed by atoms with van der Waals surface area (Å²) >= 11 is 0. The number of hydrogen-bond acceptors (Lipinski definition) is 2. The third kappa shape index (κ3) is 4.99. The van der Waals surface area contributed by atoms with Crippen LogP contribution < -0.4 is 5.73 Å². The maximum atomic E-state index is 9.59. The standard InChI is InChI=1S/C4H5NO2/c5-3-1-2-4(6)7/h3,5H2,(H,6,7)/i3T. The fourth-order valence-corrected chi connectivity index (χ4v) is 0.103. The van der Waals surface area contributed by atoms with E-state index in [4.69, 9.17) is 12.2 Å². The quantitative estimate of drug-likeness (QED) is 0.386. The summed E-state index contributed by atoms with van der Waals surface area (Å²) in [5.74, 6) is 2.38. The lowest BCUT2D eigenvalue weighted by molar-refractivity contribution is -0.130. The first-order valence-corrected chi connectivity index (χ1v) is 1.55. The highest BCUT2D eigenvalue weighted by molar-refractivity contribution is 5.86. The van der Waals surface area contributed by atoms with Crippen molar-refractivity contribution in [1.29, 1.82) is 0 Å². The van der Waals surface area contributed by atoms with E-state index < -0.39 is 12.5 Å². The Morgan fingerprint density at radius 3 is 2.86 bits per heavy atom. The van der Waals surface area contributed by atoms with Crippen LogP contribution in [0, 0.1) is 11.8 Å². The predicted octanol–water partition coefficient (Wildman–Crippen LogP) is -0.967. The van der Waals surface area contributed by atoms with Gasteiger partial charge in [0.15, 0.2) is 0 Å². The molecule has 0 fully saturated rings. The van der Waals surface area contributed by atoms with Crippen LogP contribution in [0.3, 0.4) is 0 Å². The second-order valence-electron chi connectivity index (χ2n) is 0.741. The van der Waals surface area contributed by atoms with E-state index in [-0.39, 0.29) is 0 Å². The van der Waals surface area contributed by atoms with Gasteiger partial charge < -0.3 is 10.8 Å². The van der Waals surface area contributed by atoms with Gasteiger partial charge in [-0.25, -0.2) is 4.79 Å². The minimum atomic E-state index is -1.26. The fourth-order valence-electron chi connectivity index (χ4n) is 0.103. The van der Waals surface area contributed by atoms with E-state index in [0.29, 0.717) is 0 Å². The van der Waals surface area contributed by atoms with E-state index in [0.717, 1.165) is 0 Å². The smallest absolute Gasteiger partial charge is 0.381 e. The Labute approximate surface area is 42.5 Å². The molecule has 0 aliphatic heterocycles. The SMILES string of the molecule is [3H]C(N)C#CC(=O)O. The number of hydrogen-bond donors (Lipinski definition) is 2. The molecule has 0 heterocycles. The minimum Gasteiger partial charge on any atom is -0.472 e. The fraction of sp³-hybridized carbons (Fsp3) is 0.250. The van der Waals surface area contributed by atoms with Gasteiger partial charge in [-0.3, -0.25) is 0 Å². The Morgan fingerprint density at radius 2 is 2.71 bits per heavy atom. The predicted molar refractivity (Wildman–Crippen MR) is 24.5 cm³/mol. The average molecular weight is 101 g/mol. The Morgan fingerprint density at radius 1 is 2.14 bits per heavy atom. The monoisotopic (exact) mass is 101 g/mol. The number of carbonyl (C=O) groups is 1. The number of carboxylic acid groups (broad SMARTS) is 1. The lowest BCUT2D eigenvalue weighted by Gasteiger charge is -1.68. The first-order chi connectivity index (χ1) is 3.63. The van der Waals surface area contributed by atoms with Crippen LogP contribution in [0.2, 0.25) is 0 Å². The van der Waals surface area contributed by atoms with Gasteiger partial charge in [-0.05, 0) is 0 Å². The number of aliphatic carboxylic acids is 1. The molecule has 0 amide bonds. The minimum absolute atomic E-state index is 1.11. The molecule has 3 nitrogen and oxygen atoms in total.